The summed E-state index contributed by atoms with van der Waals surface area (Å²) in [6, 6.07) is 18.0. The average Bonchev–Trinajstić information content (AvgIpc) is 3.23. The van der Waals surface area contributed by atoms with Gasteiger partial charge in [0, 0.05) is 34.6 Å². The lowest BCUT2D eigenvalue weighted by Crippen LogP contribution is -2.15. The van der Waals surface area contributed by atoms with E-state index in [9.17, 15) is 13.2 Å². The van der Waals surface area contributed by atoms with Gasteiger partial charge in [0.1, 0.15) is 0 Å². The molecule has 0 saturated carbocycles. The molecule has 0 unspecified atom stereocenters. The van der Waals surface area contributed by atoms with Crippen LogP contribution in [0.25, 0.3) is 11.3 Å². The van der Waals surface area contributed by atoms with Crippen LogP contribution in [0.2, 0.25) is 0 Å². The zero-order valence-electron chi connectivity index (χ0n) is 15.5. The lowest BCUT2D eigenvalue weighted by molar-refractivity contribution is 0.102. The third kappa shape index (κ3) is 4.53. The first-order valence-electron chi connectivity index (χ1n) is 8.86. The highest BCUT2D eigenvalue weighted by atomic mass is 32.2. The van der Waals surface area contributed by atoms with E-state index in [0.29, 0.717) is 22.1 Å². The average molecular weight is 437 g/mol. The van der Waals surface area contributed by atoms with E-state index in [4.69, 9.17) is 0 Å². The fourth-order valence-corrected chi connectivity index (χ4v) is 4.47. The van der Waals surface area contributed by atoms with Gasteiger partial charge in [-0.15, -0.1) is 11.3 Å². The maximum absolute atomic E-state index is 12.6. The molecule has 0 atom stereocenters. The lowest BCUT2D eigenvalue weighted by atomic mass is 10.2. The van der Waals surface area contributed by atoms with Gasteiger partial charge in [0.2, 0.25) is 0 Å². The van der Waals surface area contributed by atoms with Crippen molar-refractivity contribution in [3.8, 4) is 11.3 Å². The molecule has 30 heavy (non-hydrogen) atoms. The number of nitrogens with one attached hydrogen (secondary N) is 2. The summed E-state index contributed by atoms with van der Waals surface area (Å²) in [6.45, 7) is 0. The number of aromatic nitrogens is 2. The summed E-state index contributed by atoms with van der Waals surface area (Å²) in [5.74, 6) is -0.386. The minimum Gasteiger partial charge on any atom is -0.298 e. The number of hydrogen-bond donors (Lipinski definition) is 2. The second-order valence-electron chi connectivity index (χ2n) is 6.23. The summed E-state index contributed by atoms with van der Waals surface area (Å²) in [4.78, 5) is 21.2. The fourth-order valence-electron chi connectivity index (χ4n) is 2.68. The molecule has 0 spiro atoms. The highest BCUT2D eigenvalue weighted by Crippen LogP contribution is 2.25. The van der Waals surface area contributed by atoms with Crippen LogP contribution < -0.4 is 10.0 Å². The van der Waals surface area contributed by atoms with Crippen molar-refractivity contribution < 1.29 is 13.2 Å². The molecule has 9 heteroatoms. The summed E-state index contributed by atoms with van der Waals surface area (Å²) in [5.41, 5.74) is 2.17. The van der Waals surface area contributed by atoms with Gasteiger partial charge in [-0.25, -0.2) is 13.4 Å². The van der Waals surface area contributed by atoms with Crippen LogP contribution in [0.1, 0.15) is 10.4 Å². The van der Waals surface area contributed by atoms with E-state index in [-0.39, 0.29) is 10.8 Å². The van der Waals surface area contributed by atoms with Crippen molar-refractivity contribution in [2.75, 3.05) is 10.0 Å². The molecule has 2 N–H and O–H groups in total. The maximum atomic E-state index is 12.6. The van der Waals surface area contributed by atoms with Crippen LogP contribution in [0.3, 0.4) is 0 Å². The number of pyridine rings is 1. The van der Waals surface area contributed by atoms with Gasteiger partial charge in [0.15, 0.2) is 5.13 Å². The number of carbonyl (C=O) groups excluding carboxylic acids is 1. The van der Waals surface area contributed by atoms with Crippen LogP contribution >= 0.6 is 11.3 Å². The van der Waals surface area contributed by atoms with Crippen LogP contribution in [0.5, 0.6) is 0 Å². The normalized spacial score (nSPS) is 11.1. The molecule has 2 aromatic heterocycles. The van der Waals surface area contributed by atoms with Crippen LogP contribution in [0.15, 0.2) is 89.4 Å². The van der Waals surface area contributed by atoms with E-state index in [1.807, 2.05) is 17.5 Å². The first kappa shape index (κ1) is 19.7. The van der Waals surface area contributed by atoms with Crippen molar-refractivity contribution in [1.82, 2.24) is 9.97 Å². The molecule has 7 nitrogen and oxygen atoms in total. The van der Waals surface area contributed by atoms with Crippen molar-refractivity contribution in [2.45, 2.75) is 4.90 Å². The van der Waals surface area contributed by atoms with Crippen LogP contribution in [-0.2, 0) is 10.0 Å². The third-order valence-electron chi connectivity index (χ3n) is 4.11. The maximum Gasteiger partial charge on any atom is 0.261 e. The van der Waals surface area contributed by atoms with Gasteiger partial charge in [0.05, 0.1) is 10.6 Å². The molecule has 2 heterocycles. The SMILES string of the molecule is O=C(Nc1nc(-c2cccnc2)cs1)c1cccc(NS(=O)(=O)c2ccccc2)c1. The van der Waals surface area contributed by atoms with Crippen molar-refractivity contribution in [3.05, 3.63) is 90.1 Å². The summed E-state index contributed by atoms with van der Waals surface area (Å²) in [7, 11) is -3.74. The number of amides is 1. The Morgan fingerprint density at radius 2 is 1.80 bits per heavy atom. The fraction of sp³-hybridized carbons (Fsp3) is 0. The molecule has 4 rings (SSSR count). The first-order valence-corrected chi connectivity index (χ1v) is 11.2. The number of thiazole rings is 1. The Morgan fingerprint density at radius 1 is 0.967 bits per heavy atom. The molecule has 2 aromatic carbocycles. The highest BCUT2D eigenvalue weighted by molar-refractivity contribution is 7.92. The summed E-state index contributed by atoms with van der Waals surface area (Å²) < 4.78 is 27.5. The molecule has 0 bridgehead atoms. The van der Waals surface area contributed by atoms with E-state index < -0.39 is 10.0 Å². The molecule has 0 aliphatic carbocycles. The van der Waals surface area contributed by atoms with Gasteiger partial charge in [0.25, 0.3) is 15.9 Å². The van der Waals surface area contributed by atoms with Gasteiger partial charge in [-0.2, -0.15) is 0 Å². The van der Waals surface area contributed by atoms with Crippen molar-refractivity contribution >= 4 is 38.1 Å². The monoisotopic (exact) mass is 436 g/mol. The van der Waals surface area contributed by atoms with Crippen LogP contribution in [-0.4, -0.2) is 24.3 Å². The van der Waals surface area contributed by atoms with E-state index >= 15 is 0 Å². The molecular weight excluding hydrogens is 420 g/mol. The topological polar surface area (TPSA) is 101 Å². The Labute approximate surface area is 177 Å². The number of carbonyl (C=O) groups is 1. The van der Waals surface area contributed by atoms with Crippen molar-refractivity contribution in [3.63, 3.8) is 0 Å². The van der Waals surface area contributed by atoms with Gasteiger partial charge < -0.3 is 0 Å². The molecule has 0 aliphatic heterocycles. The smallest absolute Gasteiger partial charge is 0.261 e. The van der Waals surface area contributed by atoms with Crippen molar-refractivity contribution in [1.29, 1.82) is 0 Å². The molecule has 0 aliphatic rings. The Balaban J connectivity index is 1.49. The zero-order valence-corrected chi connectivity index (χ0v) is 17.2. The Hall–Kier alpha value is -3.56. The summed E-state index contributed by atoms with van der Waals surface area (Å²) in [5, 5.41) is 5.01. The third-order valence-corrected chi connectivity index (χ3v) is 6.27. The second kappa shape index (κ2) is 8.44. The standard InChI is InChI=1S/C21H16N4O3S2/c26-20(24-21-23-19(14-29-21)16-7-5-11-22-13-16)15-6-4-8-17(12-15)25-30(27,28)18-9-2-1-3-10-18/h1-14,25H,(H,23,24,26). The second-order valence-corrected chi connectivity index (χ2v) is 8.77. The molecule has 0 radical (unpaired) electrons. The van der Waals surface area contributed by atoms with Gasteiger partial charge >= 0.3 is 0 Å². The molecule has 150 valence electrons. The minimum atomic E-state index is -3.74. The quantitative estimate of drug-likeness (QED) is 0.470. The Morgan fingerprint density at radius 3 is 2.57 bits per heavy atom. The number of hydrogen-bond acceptors (Lipinski definition) is 6. The van der Waals surface area contributed by atoms with Crippen LogP contribution in [0, 0.1) is 0 Å². The summed E-state index contributed by atoms with van der Waals surface area (Å²) >= 11 is 1.30. The molecule has 4 aromatic rings. The summed E-state index contributed by atoms with van der Waals surface area (Å²) in [6.07, 6.45) is 3.38. The molecule has 0 fully saturated rings. The number of rotatable bonds is 6. The Bertz CT molecular complexity index is 1270. The predicted molar refractivity (Wildman–Crippen MR) is 117 cm³/mol. The number of nitrogens with zero attached hydrogens (tertiary/aromatic N) is 2. The molecule has 0 saturated heterocycles. The lowest BCUT2D eigenvalue weighted by Gasteiger charge is -2.09. The minimum absolute atomic E-state index is 0.144. The number of sulfonamides is 1. The Kier molecular flexibility index (Phi) is 5.55. The first-order chi connectivity index (χ1) is 14.5. The van der Waals surface area contributed by atoms with E-state index in [1.54, 1.807) is 48.8 Å². The van der Waals surface area contributed by atoms with Crippen molar-refractivity contribution in [2.24, 2.45) is 0 Å². The van der Waals surface area contributed by atoms with Gasteiger partial charge in [-0.3, -0.25) is 19.8 Å². The van der Waals surface area contributed by atoms with Gasteiger partial charge in [-0.1, -0.05) is 24.3 Å². The molecule has 1 amide bonds. The zero-order chi connectivity index (χ0) is 21.0. The predicted octanol–water partition coefficient (Wildman–Crippen LogP) is 4.26. The van der Waals surface area contributed by atoms with E-state index in [2.05, 4.69) is 20.0 Å². The largest absolute Gasteiger partial charge is 0.298 e. The number of anilines is 2. The number of benzene rings is 2. The van der Waals surface area contributed by atoms with E-state index in [1.165, 1.54) is 29.5 Å². The van der Waals surface area contributed by atoms with Crippen LogP contribution in [0.4, 0.5) is 10.8 Å². The van der Waals surface area contributed by atoms with Gasteiger partial charge in [-0.05, 0) is 42.5 Å². The molecular formula is C21H16N4O3S2. The highest BCUT2D eigenvalue weighted by Gasteiger charge is 2.15. The van der Waals surface area contributed by atoms with E-state index in [0.717, 1.165) is 5.56 Å².